The SMILES string of the molecule is Cc1ccc(C2(c3ccc(C)cc3)c3cc(N(c4ccc(C(C)(C)C)cc4)c4cc([Si](c5ccccc5)(c5ccccc5)c5ccccc5)cc5c4oc4ccccc45)ccc3-c3c2cc(N(c2ccc(C(C)(C)C)cc2)c2cc([Si](c4ccccc4)(c4ccccc4)c4ccccc4)cc4c2oc2ccccc24)c2ccccc32)cc1. The highest BCUT2D eigenvalue weighted by Crippen LogP contribution is 2.62. The summed E-state index contributed by atoms with van der Waals surface area (Å²) in [6.07, 6.45) is 0. The monoisotopic (exact) mass is 1540 g/mol. The smallest absolute Gasteiger partial charge is 0.179 e. The normalized spacial score (nSPS) is 12.9. The Labute approximate surface area is 687 Å². The van der Waals surface area contributed by atoms with Crippen LogP contribution in [0.2, 0.25) is 0 Å². The molecule has 117 heavy (non-hydrogen) atoms. The Balaban J connectivity index is 0.912. The molecule has 2 heterocycles. The van der Waals surface area contributed by atoms with Crippen molar-refractivity contribution < 1.29 is 8.83 Å². The summed E-state index contributed by atoms with van der Waals surface area (Å²) in [5.74, 6) is 0. The summed E-state index contributed by atoms with van der Waals surface area (Å²) in [7, 11) is -6.49. The third-order valence-corrected chi connectivity index (χ3v) is 34.6. The minimum absolute atomic E-state index is 0.116. The Morgan fingerprint density at radius 2 is 0.590 bits per heavy atom. The van der Waals surface area contributed by atoms with Crippen molar-refractivity contribution in [3.05, 3.63) is 445 Å². The summed E-state index contributed by atoms with van der Waals surface area (Å²) in [4.78, 5) is 5.10. The molecule has 564 valence electrons. The number of benzene rings is 17. The fraction of sp³-hybridized carbons (Fsp3) is 0.0991. The molecule has 0 aliphatic heterocycles. The van der Waals surface area contributed by atoms with Crippen LogP contribution < -0.4 is 51.3 Å². The van der Waals surface area contributed by atoms with Crippen LogP contribution in [0.3, 0.4) is 0 Å². The van der Waals surface area contributed by atoms with Crippen LogP contribution in [0.1, 0.15) is 86.1 Å². The van der Waals surface area contributed by atoms with Crippen LogP contribution in [0.4, 0.5) is 34.1 Å². The fourth-order valence-corrected chi connectivity index (χ4v) is 29.0. The fourth-order valence-electron chi connectivity index (χ4n) is 19.4. The quantitative estimate of drug-likeness (QED) is 0.0713. The third-order valence-electron chi connectivity index (χ3n) is 25.1. The first-order chi connectivity index (χ1) is 57.1. The largest absolute Gasteiger partial charge is 0.454 e. The van der Waals surface area contributed by atoms with Crippen molar-refractivity contribution in [2.45, 2.75) is 71.6 Å². The minimum atomic E-state index is -3.26. The van der Waals surface area contributed by atoms with Crippen LogP contribution in [-0.2, 0) is 16.2 Å². The van der Waals surface area contributed by atoms with Gasteiger partial charge in [0.2, 0.25) is 0 Å². The number of aryl methyl sites for hydroxylation is 2. The van der Waals surface area contributed by atoms with Crippen molar-refractivity contribution in [2.75, 3.05) is 9.80 Å². The van der Waals surface area contributed by atoms with E-state index in [-0.39, 0.29) is 10.8 Å². The Bertz CT molecular complexity index is 6690. The van der Waals surface area contributed by atoms with Gasteiger partial charge in [0, 0.05) is 44.0 Å². The maximum absolute atomic E-state index is 7.56. The van der Waals surface area contributed by atoms with E-state index in [1.165, 1.54) is 86.0 Å². The highest BCUT2D eigenvalue weighted by molar-refractivity contribution is 7.20. The number of anilines is 6. The maximum atomic E-state index is 7.56. The van der Waals surface area contributed by atoms with Crippen molar-refractivity contribution in [3.63, 3.8) is 0 Å². The van der Waals surface area contributed by atoms with Gasteiger partial charge in [-0.25, -0.2) is 0 Å². The van der Waals surface area contributed by atoms with Gasteiger partial charge in [0.25, 0.3) is 0 Å². The van der Waals surface area contributed by atoms with E-state index in [1.807, 2.05) is 0 Å². The number of hydrogen-bond acceptors (Lipinski definition) is 4. The second-order valence-electron chi connectivity index (χ2n) is 34.0. The maximum Gasteiger partial charge on any atom is 0.179 e. The van der Waals surface area contributed by atoms with Crippen molar-refractivity contribution in [2.24, 2.45) is 0 Å². The third kappa shape index (κ3) is 11.8. The predicted molar refractivity (Wildman–Crippen MR) is 499 cm³/mol. The van der Waals surface area contributed by atoms with Crippen molar-refractivity contribution in [1.29, 1.82) is 0 Å². The van der Waals surface area contributed by atoms with Crippen LogP contribution in [-0.4, -0.2) is 16.1 Å². The molecule has 0 spiro atoms. The Kier molecular flexibility index (Phi) is 17.7. The Morgan fingerprint density at radius 1 is 0.256 bits per heavy atom. The summed E-state index contributed by atoms with van der Waals surface area (Å²) in [6.45, 7) is 18.3. The molecule has 0 N–H and O–H groups in total. The number of para-hydroxylation sites is 2. The zero-order chi connectivity index (χ0) is 79.4. The van der Waals surface area contributed by atoms with E-state index in [0.29, 0.717) is 0 Å². The Morgan fingerprint density at radius 3 is 0.974 bits per heavy atom. The van der Waals surface area contributed by atoms with Crippen LogP contribution in [0.15, 0.2) is 409 Å². The molecule has 0 radical (unpaired) electrons. The first kappa shape index (κ1) is 72.6. The molecule has 0 saturated heterocycles. The molecule has 2 aromatic heterocycles. The predicted octanol–water partition coefficient (Wildman–Crippen LogP) is 23.9. The second-order valence-corrected chi connectivity index (χ2v) is 41.6. The summed E-state index contributed by atoms with van der Waals surface area (Å²) < 4.78 is 15.1. The first-order valence-corrected chi connectivity index (χ1v) is 45.0. The lowest BCUT2D eigenvalue weighted by molar-refractivity contribution is 0.590. The highest BCUT2D eigenvalue weighted by Gasteiger charge is 2.50. The second kappa shape index (κ2) is 28.6. The van der Waals surface area contributed by atoms with Gasteiger partial charge in [-0.3, -0.25) is 0 Å². The molecule has 4 nitrogen and oxygen atoms in total. The van der Waals surface area contributed by atoms with Gasteiger partial charge < -0.3 is 18.6 Å². The van der Waals surface area contributed by atoms with Gasteiger partial charge in [0.1, 0.15) is 11.2 Å². The lowest BCUT2D eigenvalue weighted by Gasteiger charge is -2.37. The van der Waals surface area contributed by atoms with Gasteiger partial charge in [0.05, 0.1) is 22.5 Å². The van der Waals surface area contributed by atoms with Gasteiger partial charge in [-0.1, -0.05) is 374 Å². The van der Waals surface area contributed by atoms with E-state index in [2.05, 4.69) is 466 Å². The molecule has 6 heteroatoms. The van der Waals surface area contributed by atoms with E-state index in [0.717, 1.165) is 99.9 Å². The zero-order valence-electron chi connectivity index (χ0n) is 67.3. The standard InChI is InChI=1S/C111H90N2O2Si2/c1-75-51-55-79(56-52-75)111(80-57-53-76(2)54-58-80)99-69-83(112(81-63-59-77(60-64-81)109(3,4)5)102-72-90(70-97-93-46-29-31-49-104(93)114-107(97)102)116(84-33-15-9-16-34-84,85-35-17-10-18-36-85)86-37-19-11-20-38-86)67-68-96(99)106-95-48-28-27-45-92(95)101(74-100(106)111)113(82-65-61-78(62-66-82)110(6,7)8)103-73-91(71-98-94-47-30-32-50-105(94)115-108(98)103)117(87-39-21-12-22-40-87,88-41-23-13-24-42-88)89-43-25-14-26-44-89/h9-74H,1-8H3. The molecule has 20 rings (SSSR count). The molecule has 0 bridgehead atoms. The van der Waals surface area contributed by atoms with Gasteiger partial charge in [-0.15, -0.1) is 0 Å². The van der Waals surface area contributed by atoms with Crippen LogP contribution in [0, 0.1) is 13.8 Å². The van der Waals surface area contributed by atoms with E-state index in [9.17, 15) is 0 Å². The number of nitrogens with zero attached hydrogens (tertiary/aromatic N) is 2. The number of hydrogen-bond donors (Lipinski definition) is 0. The van der Waals surface area contributed by atoms with Crippen LogP contribution >= 0.6 is 0 Å². The Hall–Kier alpha value is -13.4. The number of furan rings is 2. The van der Waals surface area contributed by atoms with Crippen LogP contribution in [0.25, 0.3) is 65.8 Å². The van der Waals surface area contributed by atoms with Gasteiger partial charge in [0.15, 0.2) is 27.3 Å². The van der Waals surface area contributed by atoms with Crippen LogP contribution in [0.5, 0.6) is 0 Å². The lowest BCUT2D eigenvalue weighted by atomic mass is 9.67. The van der Waals surface area contributed by atoms with Crippen molar-refractivity contribution in [1.82, 2.24) is 0 Å². The van der Waals surface area contributed by atoms with Crippen molar-refractivity contribution in [3.8, 4) is 11.1 Å². The van der Waals surface area contributed by atoms with Gasteiger partial charge >= 0.3 is 0 Å². The first-order valence-electron chi connectivity index (χ1n) is 41.0. The molecule has 0 atom stereocenters. The number of fused-ring (bicyclic) bond motifs is 11. The van der Waals surface area contributed by atoms with E-state index < -0.39 is 21.6 Å². The molecule has 1 aliphatic carbocycles. The molecule has 0 fully saturated rings. The summed E-state index contributed by atoms with van der Waals surface area (Å²) in [5, 5.41) is 16.7. The molecule has 17 aromatic carbocycles. The topological polar surface area (TPSA) is 32.8 Å². The molecule has 0 unspecified atom stereocenters. The summed E-state index contributed by atoms with van der Waals surface area (Å²) >= 11 is 0. The molecule has 1 aliphatic rings. The molecule has 0 saturated carbocycles. The highest BCUT2D eigenvalue weighted by atomic mass is 28.3. The lowest BCUT2D eigenvalue weighted by Crippen LogP contribution is -2.74. The zero-order valence-corrected chi connectivity index (χ0v) is 69.3. The average molecular weight is 1540 g/mol. The summed E-state index contributed by atoms with van der Waals surface area (Å²) in [6, 6.07) is 152. The summed E-state index contributed by atoms with van der Waals surface area (Å²) in [5.41, 5.74) is 20.0. The average Bonchev–Trinajstić information content (AvgIpc) is 1.52. The van der Waals surface area contributed by atoms with E-state index >= 15 is 0 Å². The molecular formula is C111H90N2O2Si2. The molecular weight excluding hydrogens is 1450 g/mol. The van der Waals surface area contributed by atoms with E-state index in [4.69, 9.17) is 8.83 Å². The van der Waals surface area contributed by atoms with Gasteiger partial charge in [-0.05, 0) is 195 Å². The minimum Gasteiger partial charge on any atom is -0.454 e. The van der Waals surface area contributed by atoms with Crippen molar-refractivity contribution >= 4 is 146 Å². The number of rotatable bonds is 16. The molecule has 19 aromatic rings. The van der Waals surface area contributed by atoms with E-state index in [1.54, 1.807) is 0 Å². The van der Waals surface area contributed by atoms with Gasteiger partial charge in [-0.2, -0.15) is 0 Å². The molecule has 0 amide bonds.